The summed E-state index contributed by atoms with van der Waals surface area (Å²) in [5.41, 5.74) is 7.77. The quantitative estimate of drug-likeness (QED) is 0.499. The van der Waals surface area contributed by atoms with Crippen molar-refractivity contribution in [2.75, 3.05) is 10.7 Å². The van der Waals surface area contributed by atoms with Crippen LogP contribution in [0, 0.1) is 18.3 Å². The topological polar surface area (TPSA) is 126 Å². The van der Waals surface area contributed by atoms with Crippen LogP contribution in [0.15, 0.2) is 58.7 Å². The van der Waals surface area contributed by atoms with Gasteiger partial charge in [-0.2, -0.15) is 10.4 Å². The Morgan fingerprint density at radius 2 is 2.00 bits per heavy atom. The fraction of sp³-hybridized carbons (Fsp3) is 0.130. The van der Waals surface area contributed by atoms with E-state index in [9.17, 15) is 10.1 Å². The fourth-order valence-electron chi connectivity index (χ4n) is 3.98. The van der Waals surface area contributed by atoms with Crippen LogP contribution in [0.25, 0.3) is 16.6 Å². The Kier molecular flexibility index (Phi) is 4.99. The predicted octanol–water partition coefficient (Wildman–Crippen LogP) is 3.53. The molecule has 3 heterocycles. The summed E-state index contributed by atoms with van der Waals surface area (Å²) in [6.07, 6.45) is 3.41. The number of aromatic nitrogens is 4. The number of nitrogen functional groups attached to an aromatic ring is 1. The molecule has 1 unspecified atom stereocenters. The first-order valence-electron chi connectivity index (χ1n) is 10.1. The Balaban J connectivity index is 1.81. The second-order valence-corrected chi connectivity index (χ2v) is 7.90. The lowest BCUT2D eigenvalue weighted by molar-refractivity contribution is 0.626. The van der Waals surface area contributed by atoms with Gasteiger partial charge >= 0.3 is 0 Å². The number of para-hydroxylation sites is 1. The second-order valence-electron chi connectivity index (χ2n) is 7.49. The molecule has 162 valence electrons. The third-order valence-corrected chi connectivity index (χ3v) is 5.86. The first kappa shape index (κ1) is 20.6. The number of hydrogen-bond acceptors (Lipinski definition) is 8. The third kappa shape index (κ3) is 3.28. The van der Waals surface area contributed by atoms with Crippen molar-refractivity contribution in [3.05, 3.63) is 81.1 Å². The number of benzene rings is 2. The van der Waals surface area contributed by atoms with Gasteiger partial charge in [-0.3, -0.25) is 9.36 Å². The Morgan fingerprint density at radius 1 is 1.18 bits per heavy atom. The predicted molar refractivity (Wildman–Crippen MR) is 127 cm³/mol. The molecule has 0 saturated heterocycles. The zero-order valence-electron chi connectivity index (χ0n) is 17.5. The molecule has 0 radical (unpaired) electrons. The van der Waals surface area contributed by atoms with Gasteiger partial charge in [0, 0.05) is 12.6 Å². The van der Waals surface area contributed by atoms with Crippen molar-refractivity contribution in [3.63, 3.8) is 0 Å². The number of rotatable bonds is 3. The van der Waals surface area contributed by atoms with Crippen molar-refractivity contribution in [2.45, 2.75) is 19.4 Å². The van der Waals surface area contributed by atoms with Crippen LogP contribution in [0.2, 0.25) is 5.02 Å². The van der Waals surface area contributed by atoms with Gasteiger partial charge < -0.3 is 5.73 Å². The molecular formula is C23H17ClN8O. The van der Waals surface area contributed by atoms with Crippen LogP contribution < -0.4 is 16.3 Å². The molecule has 2 aromatic heterocycles. The number of fused-ring (bicyclic) bond motifs is 1. The number of aryl methyl sites for hydroxylation is 1. The van der Waals surface area contributed by atoms with Crippen LogP contribution in [0.3, 0.4) is 0 Å². The lowest BCUT2D eigenvalue weighted by Gasteiger charge is -2.26. The molecule has 0 aliphatic carbocycles. The summed E-state index contributed by atoms with van der Waals surface area (Å²) in [7, 11) is 0. The highest BCUT2D eigenvalue weighted by atomic mass is 35.5. The summed E-state index contributed by atoms with van der Waals surface area (Å²) >= 11 is 6.40. The van der Waals surface area contributed by atoms with Crippen molar-refractivity contribution in [1.29, 1.82) is 5.26 Å². The molecule has 2 aromatic carbocycles. The highest BCUT2D eigenvalue weighted by Crippen LogP contribution is 2.35. The van der Waals surface area contributed by atoms with Gasteiger partial charge in [0.25, 0.3) is 5.56 Å². The molecule has 0 bridgehead atoms. The average molecular weight is 457 g/mol. The normalized spacial score (nSPS) is 15.2. The number of anilines is 2. The van der Waals surface area contributed by atoms with E-state index in [1.165, 1.54) is 6.33 Å². The molecule has 0 amide bonds. The van der Waals surface area contributed by atoms with Gasteiger partial charge in [0.1, 0.15) is 35.6 Å². The summed E-state index contributed by atoms with van der Waals surface area (Å²) in [4.78, 5) is 26.8. The van der Waals surface area contributed by atoms with Crippen LogP contribution in [-0.2, 0) is 0 Å². The highest BCUT2D eigenvalue weighted by molar-refractivity contribution is 6.35. The van der Waals surface area contributed by atoms with Gasteiger partial charge in [-0.05, 0) is 30.7 Å². The molecule has 10 heteroatoms. The number of halogens is 1. The van der Waals surface area contributed by atoms with Crippen molar-refractivity contribution >= 4 is 40.4 Å². The minimum Gasteiger partial charge on any atom is -0.382 e. The minimum absolute atomic E-state index is 0.0536. The molecule has 1 atom stereocenters. The van der Waals surface area contributed by atoms with Gasteiger partial charge in [-0.1, -0.05) is 35.9 Å². The van der Waals surface area contributed by atoms with Gasteiger partial charge in [-0.25, -0.2) is 20.0 Å². The molecule has 1 aliphatic heterocycles. The van der Waals surface area contributed by atoms with Crippen molar-refractivity contribution in [3.8, 4) is 11.8 Å². The molecule has 2 N–H and O–H groups in total. The van der Waals surface area contributed by atoms with E-state index in [1.54, 1.807) is 34.0 Å². The van der Waals surface area contributed by atoms with E-state index in [1.807, 2.05) is 37.3 Å². The van der Waals surface area contributed by atoms with E-state index in [-0.39, 0.29) is 22.8 Å². The first-order valence-corrected chi connectivity index (χ1v) is 10.5. The SMILES string of the molecule is Cc1ccccc1-n1c(C2CC=NN2c2ncnc(N)c2C#N)nc2cccc(Cl)c2c1=O. The average Bonchev–Trinajstić information content (AvgIpc) is 3.29. The summed E-state index contributed by atoms with van der Waals surface area (Å²) in [6.45, 7) is 1.92. The zero-order chi connectivity index (χ0) is 23.1. The van der Waals surface area contributed by atoms with Gasteiger partial charge in [0.15, 0.2) is 5.82 Å². The van der Waals surface area contributed by atoms with Crippen molar-refractivity contribution in [1.82, 2.24) is 19.5 Å². The lowest BCUT2D eigenvalue weighted by atomic mass is 10.1. The van der Waals surface area contributed by atoms with Crippen molar-refractivity contribution in [2.24, 2.45) is 5.10 Å². The molecule has 0 fully saturated rings. The van der Waals surface area contributed by atoms with E-state index < -0.39 is 6.04 Å². The Labute approximate surface area is 193 Å². The zero-order valence-corrected chi connectivity index (χ0v) is 18.2. The number of nitrogens with zero attached hydrogens (tertiary/aromatic N) is 7. The summed E-state index contributed by atoms with van der Waals surface area (Å²) in [5, 5.41) is 16.3. The largest absolute Gasteiger partial charge is 0.382 e. The van der Waals surface area contributed by atoms with Crippen LogP contribution in [-0.4, -0.2) is 25.7 Å². The summed E-state index contributed by atoms with van der Waals surface area (Å²) < 4.78 is 1.56. The van der Waals surface area contributed by atoms with E-state index in [0.29, 0.717) is 33.9 Å². The maximum Gasteiger partial charge on any atom is 0.267 e. The third-order valence-electron chi connectivity index (χ3n) is 5.54. The van der Waals surface area contributed by atoms with Crippen molar-refractivity contribution < 1.29 is 0 Å². The van der Waals surface area contributed by atoms with Crippen LogP contribution in [0.5, 0.6) is 0 Å². The molecule has 1 aliphatic rings. The summed E-state index contributed by atoms with van der Waals surface area (Å²) in [6, 6.07) is 14.2. The maximum absolute atomic E-state index is 13.8. The second kappa shape index (κ2) is 8.00. The Bertz CT molecular complexity index is 1540. The fourth-order valence-corrected chi connectivity index (χ4v) is 4.23. The number of nitriles is 1. The van der Waals surface area contributed by atoms with E-state index in [0.717, 1.165) is 5.56 Å². The molecule has 0 spiro atoms. The number of hydrazone groups is 1. The first-order chi connectivity index (χ1) is 16.0. The summed E-state index contributed by atoms with van der Waals surface area (Å²) in [5.74, 6) is 0.751. The van der Waals surface area contributed by atoms with Crippen LogP contribution in [0.4, 0.5) is 11.6 Å². The minimum atomic E-state index is -0.512. The molecule has 4 aromatic rings. The number of nitrogens with two attached hydrogens (primary N) is 1. The van der Waals surface area contributed by atoms with E-state index >= 15 is 0 Å². The van der Waals surface area contributed by atoms with E-state index in [4.69, 9.17) is 22.3 Å². The Morgan fingerprint density at radius 3 is 2.79 bits per heavy atom. The monoisotopic (exact) mass is 456 g/mol. The molecule has 33 heavy (non-hydrogen) atoms. The maximum atomic E-state index is 13.8. The van der Waals surface area contributed by atoms with Gasteiger partial charge in [0.05, 0.1) is 21.6 Å². The molecule has 5 rings (SSSR count). The highest BCUT2D eigenvalue weighted by Gasteiger charge is 2.33. The van der Waals surface area contributed by atoms with E-state index in [2.05, 4.69) is 15.1 Å². The standard InChI is InChI=1S/C23H17ClN8O/c1-13-5-2-3-8-17(13)31-22(30-16-7-4-6-15(24)19(16)23(31)33)18-9-10-29-32(18)21-14(11-25)20(26)27-12-28-21/h2-8,10,12,18H,9H2,1H3,(H2,26,27,28). The van der Waals surface area contributed by atoms with Crippen LogP contribution in [0.1, 0.15) is 29.4 Å². The molecule has 9 nitrogen and oxygen atoms in total. The number of hydrogen-bond donors (Lipinski definition) is 1. The lowest BCUT2D eigenvalue weighted by Crippen LogP contribution is -2.31. The molecule has 0 saturated carbocycles. The van der Waals surface area contributed by atoms with Gasteiger partial charge in [0.2, 0.25) is 0 Å². The Hall–Kier alpha value is -4.29. The molecular weight excluding hydrogens is 440 g/mol. The smallest absolute Gasteiger partial charge is 0.267 e. The van der Waals surface area contributed by atoms with Crippen LogP contribution >= 0.6 is 11.6 Å². The van der Waals surface area contributed by atoms with Gasteiger partial charge in [-0.15, -0.1) is 0 Å².